The van der Waals surface area contributed by atoms with Gasteiger partial charge in [-0.2, -0.15) is 0 Å². The molecule has 1 aromatic heterocycles. The number of amides is 2. The lowest BCUT2D eigenvalue weighted by Crippen LogP contribution is -2.41. The molecule has 25 heavy (non-hydrogen) atoms. The Kier molecular flexibility index (Phi) is 7.14. The van der Waals surface area contributed by atoms with Gasteiger partial charge in [0, 0.05) is 35.5 Å². The van der Waals surface area contributed by atoms with Crippen molar-refractivity contribution in [2.75, 3.05) is 13.1 Å². The lowest BCUT2D eigenvalue weighted by Gasteiger charge is -2.24. The second-order valence-electron chi connectivity index (χ2n) is 6.32. The monoisotopic (exact) mass is 382 g/mol. The lowest BCUT2D eigenvalue weighted by molar-refractivity contribution is 0.186. The van der Waals surface area contributed by atoms with Gasteiger partial charge in [0.05, 0.1) is 13.1 Å². The summed E-state index contributed by atoms with van der Waals surface area (Å²) in [6.45, 7) is 8.38. The Balaban J connectivity index is 2.17. The highest BCUT2D eigenvalue weighted by molar-refractivity contribution is 6.35. The molecule has 0 aliphatic rings. The summed E-state index contributed by atoms with van der Waals surface area (Å²) < 4.78 is 2.00. The number of carbonyl (C=O) groups excluding carboxylic acids is 1. The average Bonchev–Trinajstić information content (AvgIpc) is 2.96. The molecule has 0 radical (unpaired) electrons. The van der Waals surface area contributed by atoms with Gasteiger partial charge in [0.2, 0.25) is 0 Å². The molecule has 7 heteroatoms. The molecule has 0 fully saturated rings. The molecule has 0 bridgehead atoms. The number of halogens is 2. The first-order valence-electron chi connectivity index (χ1n) is 8.37. The zero-order valence-electron chi connectivity index (χ0n) is 14.8. The van der Waals surface area contributed by atoms with E-state index in [1.54, 1.807) is 17.2 Å². The van der Waals surface area contributed by atoms with Crippen LogP contribution in [0.3, 0.4) is 0 Å². The number of rotatable bonds is 7. The Morgan fingerprint density at radius 2 is 2.12 bits per heavy atom. The van der Waals surface area contributed by atoms with E-state index in [4.69, 9.17) is 23.2 Å². The van der Waals surface area contributed by atoms with Crippen LogP contribution in [-0.2, 0) is 13.1 Å². The Bertz CT molecular complexity index is 715. The number of carbonyl (C=O) groups is 1. The van der Waals surface area contributed by atoms with Gasteiger partial charge in [0.1, 0.15) is 5.82 Å². The summed E-state index contributed by atoms with van der Waals surface area (Å²) in [7, 11) is 0. The Labute approximate surface area is 158 Å². The number of nitrogens with zero attached hydrogens (tertiary/aromatic N) is 3. The minimum atomic E-state index is -0.0738. The summed E-state index contributed by atoms with van der Waals surface area (Å²) in [6.07, 6.45) is 3.63. The highest BCUT2D eigenvalue weighted by Gasteiger charge is 2.17. The molecule has 0 saturated carbocycles. The predicted octanol–water partition coefficient (Wildman–Crippen LogP) is 4.43. The number of aromatic nitrogens is 2. The molecule has 0 aliphatic carbocycles. The number of hydrogen-bond donors (Lipinski definition) is 1. The van der Waals surface area contributed by atoms with Gasteiger partial charge in [-0.3, -0.25) is 0 Å². The lowest BCUT2D eigenvalue weighted by atomic mass is 10.2. The van der Waals surface area contributed by atoms with Gasteiger partial charge in [-0.15, -0.1) is 0 Å². The minimum Gasteiger partial charge on any atom is -0.338 e. The SMILES string of the molecule is CCNC(=O)N(Cc1nccn1Cc1ccc(Cl)cc1Cl)CC(C)C. The van der Waals surface area contributed by atoms with Crippen LogP contribution in [0, 0.1) is 5.92 Å². The van der Waals surface area contributed by atoms with Crippen molar-refractivity contribution < 1.29 is 4.79 Å². The fraction of sp³-hybridized carbons (Fsp3) is 0.444. The van der Waals surface area contributed by atoms with E-state index in [-0.39, 0.29) is 6.03 Å². The van der Waals surface area contributed by atoms with Gasteiger partial charge < -0.3 is 14.8 Å². The van der Waals surface area contributed by atoms with Gasteiger partial charge in [0.15, 0.2) is 0 Å². The van der Waals surface area contributed by atoms with Crippen LogP contribution in [0.4, 0.5) is 4.79 Å². The van der Waals surface area contributed by atoms with Crippen LogP contribution >= 0.6 is 23.2 Å². The number of hydrogen-bond acceptors (Lipinski definition) is 2. The van der Waals surface area contributed by atoms with Crippen LogP contribution in [0.1, 0.15) is 32.2 Å². The van der Waals surface area contributed by atoms with E-state index in [9.17, 15) is 4.79 Å². The number of imidazole rings is 1. The smallest absolute Gasteiger partial charge is 0.317 e. The summed E-state index contributed by atoms with van der Waals surface area (Å²) in [5.74, 6) is 1.19. The van der Waals surface area contributed by atoms with E-state index in [1.165, 1.54) is 0 Å². The van der Waals surface area contributed by atoms with E-state index in [0.717, 1.165) is 11.4 Å². The first-order chi connectivity index (χ1) is 11.9. The second kappa shape index (κ2) is 9.11. The van der Waals surface area contributed by atoms with Crippen LogP contribution in [0.25, 0.3) is 0 Å². The average molecular weight is 383 g/mol. The zero-order chi connectivity index (χ0) is 18.4. The molecular formula is C18H24Cl2N4O. The molecule has 0 spiro atoms. The molecule has 2 rings (SSSR count). The van der Waals surface area contributed by atoms with Gasteiger partial charge in [-0.25, -0.2) is 9.78 Å². The third-order valence-electron chi connectivity index (χ3n) is 3.69. The molecule has 2 amide bonds. The maximum absolute atomic E-state index is 12.3. The third-order valence-corrected chi connectivity index (χ3v) is 4.28. The Hall–Kier alpha value is -1.72. The topological polar surface area (TPSA) is 50.2 Å². The number of urea groups is 1. The van der Waals surface area contributed by atoms with Crippen LogP contribution in [0.2, 0.25) is 10.0 Å². The highest BCUT2D eigenvalue weighted by atomic mass is 35.5. The molecule has 1 N–H and O–H groups in total. The van der Waals surface area contributed by atoms with Crippen molar-refractivity contribution in [2.24, 2.45) is 5.92 Å². The second-order valence-corrected chi connectivity index (χ2v) is 7.16. The fourth-order valence-corrected chi connectivity index (χ4v) is 3.03. The summed E-state index contributed by atoms with van der Waals surface area (Å²) >= 11 is 12.2. The standard InChI is InChI=1S/C18H24Cl2N4O/c1-4-21-18(25)24(10-13(2)3)12-17-22-7-8-23(17)11-14-5-6-15(19)9-16(14)20/h5-9,13H,4,10-12H2,1-3H3,(H,21,25). The van der Waals surface area contributed by atoms with E-state index in [1.807, 2.05) is 29.8 Å². The molecular weight excluding hydrogens is 359 g/mol. The van der Waals surface area contributed by atoms with E-state index in [2.05, 4.69) is 24.1 Å². The summed E-state index contributed by atoms with van der Waals surface area (Å²) in [5, 5.41) is 4.09. The molecule has 2 aromatic rings. The molecule has 136 valence electrons. The Morgan fingerprint density at radius 3 is 2.76 bits per heavy atom. The molecule has 1 aromatic carbocycles. The molecule has 0 unspecified atom stereocenters. The molecule has 0 aliphatic heterocycles. The van der Waals surface area contributed by atoms with Crippen molar-refractivity contribution >= 4 is 29.2 Å². The van der Waals surface area contributed by atoms with Crippen molar-refractivity contribution in [1.29, 1.82) is 0 Å². The van der Waals surface area contributed by atoms with Crippen molar-refractivity contribution in [3.8, 4) is 0 Å². The van der Waals surface area contributed by atoms with E-state index in [0.29, 0.717) is 42.1 Å². The van der Waals surface area contributed by atoms with E-state index < -0.39 is 0 Å². The number of nitrogens with one attached hydrogen (secondary N) is 1. The van der Waals surface area contributed by atoms with Gasteiger partial charge in [-0.1, -0.05) is 43.1 Å². The summed E-state index contributed by atoms with van der Waals surface area (Å²) in [6, 6.07) is 5.38. The van der Waals surface area contributed by atoms with Crippen molar-refractivity contribution in [1.82, 2.24) is 19.8 Å². The van der Waals surface area contributed by atoms with Crippen LogP contribution in [-0.4, -0.2) is 33.6 Å². The van der Waals surface area contributed by atoms with Crippen molar-refractivity contribution in [2.45, 2.75) is 33.9 Å². The molecule has 5 nitrogen and oxygen atoms in total. The highest BCUT2D eigenvalue weighted by Crippen LogP contribution is 2.22. The van der Waals surface area contributed by atoms with E-state index >= 15 is 0 Å². The molecule has 0 saturated heterocycles. The first-order valence-corrected chi connectivity index (χ1v) is 9.13. The predicted molar refractivity (Wildman–Crippen MR) is 102 cm³/mol. The van der Waals surface area contributed by atoms with Crippen molar-refractivity contribution in [3.63, 3.8) is 0 Å². The van der Waals surface area contributed by atoms with Gasteiger partial charge in [0.25, 0.3) is 0 Å². The molecule has 0 atom stereocenters. The number of benzene rings is 1. The largest absolute Gasteiger partial charge is 0.338 e. The van der Waals surface area contributed by atoms with Gasteiger partial charge >= 0.3 is 6.03 Å². The van der Waals surface area contributed by atoms with Crippen LogP contribution in [0.15, 0.2) is 30.6 Å². The van der Waals surface area contributed by atoms with Crippen LogP contribution < -0.4 is 5.32 Å². The maximum Gasteiger partial charge on any atom is 0.317 e. The van der Waals surface area contributed by atoms with Crippen LogP contribution in [0.5, 0.6) is 0 Å². The maximum atomic E-state index is 12.3. The quantitative estimate of drug-likeness (QED) is 0.769. The summed E-state index contributed by atoms with van der Waals surface area (Å²) in [4.78, 5) is 18.5. The Morgan fingerprint density at radius 1 is 1.36 bits per heavy atom. The minimum absolute atomic E-state index is 0.0738. The fourth-order valence-electron chi connectivity index (χ4n) is 2.56. The first kappa shape index (κ1) is 19.6. The summed E-state index contributed by atoms with van der Waals surface area (Å²) in [5.41, 5.74) is 0.957. The van der Waals surface area contributed by atoms with Crippen molar-refractivity contribution in [3.05, 3.63) is 52.0 Å². The molecule has 1 heterocycles. The normalized spacial score (nSPS) is 11.0. The zero-order valence-corrected chi connectivity index (χ0v) is 16.3. The van der Waals surface area contributed by atoms with Gasteiger partial charge in [-0.05, 0) is 30.5 Å². The third kappa shape index (κ3) is 5.65.